The predicted octanol–water partition coefficient (Wildman–Crippen LogP) is 1.67. The molecule has 0 aliphatic rings. The first-order valence-electron chi connectivity index (χ1n) is 3.80. The highest BCUT2D eigenvalue weighted by Crippen LogP contribution is 2.28. The second kappa shape index (κ2) is 4.35. The van der Waals surface area contributed by atoms with Gasteiger partial charge >= 0.3 is 0 Å². The van der Waals surface area contributed by atoms with E-state index in [0.29, 0.717) is 11.3 Å². The minimum absolute atomic E-state index is 0.00694. The van der Waals surface area contributed by atoms with Crippen LogP contribution in [-0.4, -0.2) is 23.2 Å². The van der Waals surface area contributed by atoms with Crippen molar-refractivity contribution in [3.05, 3.63) is 23.8 Å². The Morgan fingerprint density at radius 1 is 1.54 bits per heavy atom. The maximum atomic E-state index is 9.43. The van der Waals surface area contributed by atoms with Gasteiger partial charge in [0.05, 0.1) is 19.1 Å². The summed E-state index contributed by atoms with van der Waals surface area (Å²) in [6.07, 6.45) is -0.840. The van der Waals surface area contributed by atoms with Crippen LogP contribution in [-0.2, 0) is 0 Å². The molecule has 0 spiro atoms. The van der Waals surface area contributed by atoms with Crippen molar-refractivity contribution in [1.29, 1.82) is 0 Å². The zero-order valence-corrected chi connectivity index (χ0v) is 7.95. The molecule has 1 aromatic carbocycles. The summed E-state index contributed by atoms with van der Waals surface area (Å²) in [5.41, 5.74) is 0.413. The molecule has 0 bridgehead atoms. The predicted molar refractivity (Wildman–Crippen MR) is 50.3 cm³/mol. The quantitative estimate of drug-likeness (QED) is 0.734. The van der Waals surface area contributed by atoms with Crippen LogP contribution in [0.1, 0.15) is 11.7 Å². The number of aliphatic hydroxyl groups is 1. The fraction of sp³-hybridized carbons (Fsp3) is 0.333. The number of alkyl halides is 1. The zero-order valence-electron chi connectivity index (χ0n) is 7.20. The highest BCUT2D eigenvalue weighted by Gasteiger charge is 2.11. The highest BCUT2D eigenvalue weighted by molar-refractivity contribution is 6.18. The molecule has 3 nitrogen and oxygen atoms in total. The molecular formula is C9H11ClO3. The van der Waals surface area contributed by atoms with Crippen molar-refractivity contribution in [3.8, 4) is 11.5 Å². The molecule has 0 aliphatic carbocycles. The van der Waals surface area contributed by atoms with Crippen LogP contribution >= 0.6 is 11.6 Å². The molecule has 1 aromatic rings. The lowest BCUT2D eigenvalue weighted by Crippen LogP contribution is -1.98. The third-order valence-electron chi connectivity index (χ3n) is 1.74. The number of hydrogen-bond acceptors (Lipinski definition) is 3. The average Bonchev–Trinajstić information content (AvgIpc) is 2.16. The van der Waals surface area contributed by atoms with Crippen LogP contribution in [0.15, 0.2) is 18.2 Å². The summed E-state index contributed by atoms with van der Waals surface area (Å²) >= 11 is 5.44. The maximum Gasteiger partial charge on any atom is 0.125 e. The summed E-state index contributed by atoms with van der Waals surface area (Å²) in [5.74, 6) is 0.593. The van der Waals surface area contributed by atoms with E-state index < -0.39 is 6.10 Å². The molecule has 0 fully saturated rings. The van der Waals surface area contributed by atoms with E-state index in [0.717, 1.165) is 0 Å². The van der Waals surface area contributed by atoms with Crippen LogP contribution in [0.4, 0.5) is 0 Å². The fourth-order valence-corrected chi connectivity index (χ4v) is 1.18. The molecule has 72 valence electrons. The molecule has 0 saturated heterocycles. The molecule has 0 aromatic heterocycles. The fourth-order valence-electron chi connectivity index (χ4n) is 1.02. The number of methoxy groups -OCH3 is 1. The van der Waals surface area contributed by atoms with E-state index in [1.54, 1.807) is 12.1 Å². The van der Waals surface area contributed by atoms with Crippen molar-refractivity contribution < 1.29 is 14.9 Å². The molecule has 0 radical (unpaired) electrons. The topological polar surface area (TPSA) is 49.7 Å². The lowest BCUT2D eigenvalue weighted by Gasteiger charge is -2.10. The molecule has 0 amide bonds. The summed E-state index contributed by atoms with van der Waals surface area (Å²) in [6, 6.07) is 4.68. The standard InChI is InChI=1S/C9H11ClO3/c1-13-6-2-3-7(8(11)4-6)9(12)5-10/h2-4,9,11-12H,5H2,1H3. The smallest absolute Gasteiger partial charge is 0.125 e. The number of aliphatic hydroxyl groups excluding tert-OH is 1. The Labute approximate surface area is 81.5 Å². The molecule has 1 rings (SSSR count). The van der Waals surface area contributed by atoms with Gasteiger partial charge in [0.25, 0.3) is 0 Å². The highest BCUT2D eigenvalue weighted by atomic mass is 35.5. The van der Waals surface area contributed by atoms with Crippen molar-refractivity contribution in [1.82, 2.24) is 0 Å². The molecule has 4 heteroatoms. The molecule has 0 saturated carbocycles. The number of phenolic OH excluding ortho intramolecular Hbond substituents is 1. The Morgan fingerprint density at radius 2 is 2.23 bits per heavy atom. The van der Waals surface area contributed by atoms with E-state index >= 15 is 0 Å². The number of ether oxygens (including phenoxy) is 1. The minimum Gasteiger partial charge on any atom is -0.507 e. The Balaban J connectivity index is 2.98. The number of phenols is 1. The summed E-state index contributed by atoms with van der Waals surface area (Å²) < 4.78 is 4.89. The van der Waals surface area contributed by atoms with Gasteiger partial charge in [0.2, 0.25) is 0 Å². The number of rotatable bonds is 3. The number of halogens is 1. The molecule has 1 unspecified atom stereocenters. The molecular weight excluding hydrogens is 192 g/mol. The van der Waals surface area contributed by atoms with Crippen LogP contribution < -0.4 is 4.74 Å². The van der Waals surface area contributed by atoms with Crippen molar-refractivity contribution in [2.24, 2.45) is 0 Å². The molecule has 0 heterocycles. The van der Waals surface area contributed by atoms with Crippen LogP contribution in [0.5, 0.6) is 11.5 Å². The third-order valence-corrected chi connectivity index (χ3v) is 2.04. The number of aromatic hydroxyl groups is 1. The van der Waals surface area contributed by atoms with Gasteiger partial charge in [0, 0.05) is 11.6 Å². The molecule has 1 atom stereocenters. The van der Waals surface area contributed by atoms with Crippen LogP contribution in [0, 0.1) is 0 Å². The van der Waals surface area contributed by atoms with Gasteiger partial charge in [-0.25, -0.2) is 0 Å². The van der Waals surface area contributed by atoms with E-state index in [1.165, 1.54) is 13.2 Å². The number of hydrogen-bond donors (Lipinski definition) is 2. The lowest BCUT2D eigenvalue weighted by molar-refractivity contribution is 0.198. The Kier molecular flexibility index (Phi) is 3.39. The summed E-state index contributed by atoms with van der Waals surface area (Å²) in [7, 11) is 1.51. The van der Waals surface area contributed by atoms with Gasteiger partial charge in [0.1, 0.15) is 11.5 Å². The second-order valence-electron chi connectivity index (χ2n) is 2.59. The van der Waals surface area contributed by atoms with Gasteiger partial charge in [-0.15, -0.1) is 11.6 Å². The number of benzene rings is 1. The van der Waals surface area contributed by atoms with Gasteiger partial charge in [-0.1, -0.05) is 0 Å². The Bertz CT molecular complexity index is 288. The van der Waals surface area contributed by atoms with Crippen molar-refractivity contribution >= 4 is 11.6 Å². The molecule has 13 heavy (non-hydrogen) atoms. The van der Waals surface area contributed by atoms with Crippen LogP contribution in [0.25, 0.3) is 0 Å². The summed E-state index contributed by atoms with van der Waals surface area (Å²) in [6.45, 7) is 0. The van der Waals surface area contributed by atoms with Gasteiger partial charge in [-0.2, -0.15) is 0 Å². The SMILES string of the molecule is COc1ccc(C(O)CCl)c(O)c1. The normalized spacial score (nSPS) is 12.5. The third kappa shape index (κ3) is 2.26. The van der Waals surface area contributed by atoms with Gasteiger partial charge < -0.3 is 14.9 Å². The summed E-state index contributed by atoms with van der Waals surface area (Å²) in [5, 5.41) is 18.8. The van der Waals surface area contributed by atoms with Crippen molar-refractivity contribution in [2.45, 2.75) is 6.10 Å². The first-order chi connectivity index (χ1) is 6.19. The van der Waals surface area contributed by atoms with E-state index in [2.05, 4.69) is 0 Å². The lowest BCUT2D eigenvalue weighted by atomic mass is 10.1. The van der Waals surface area contributed by atoms with E-state index in [9.17, 15) is 10.2 Å². The molecule has 2 N–H and O–H groups in total. The van der Waals surface area contributed by atoms with E-state index in [4.69, 9.17) is 16.3 Å². The van der Waals surface area contributed by atoms with Crippen LogP contribution in [0.3, 0.4) is 0 Å². The zero-order chi connectivity index (χ0) is 9.84. The van der Waals surface area contributed by atoms with E-state index in [-0.39, 0.29) is 11.6 Å². The van der Waals surface area contributed by atoms with Crippen molar-refractivity contribution in [3.63, 3.8) is 0 Å². The Hall–Kier alpha value is -0.930. The maximum absolute atomic E-state index is 9.43. The summed E-state index contributed by atoms with van der Waals surface area (Å²) in [4.78, 5) is 0. The first kappa shape index (κ1) is 10.2. The average molecular weight is 203 g/mol. The Morgan fingerprint density at radius 3 is 2.69 bits per heavy atom. The van der Waals surface area contributed by atoms with E-state index in [1.807, 2.05) is 0 Å². The second-order valence-corrected chi connectivity index (χ2v) is 2.90. The largest absolute Gasteiger partial charge is 0.507 e. The monoisotopic (exact) mass is 202 g/mol. The van der Waals surface area contributed by atoms with Gasteiger partial charge in [-0.05, 0) is 12.1 Å². The van der Waals surface area contributed by atoms with Crippen LogP contribution in [0.2, 0.25) is 0 Å². The minimum atomic E-state index is -0.840. The first-order valence-corrected chi connectivity index (χ1v) is 4.33. The molecule has 0 aliphatic heterocycles. The van der Waals surface area contributed by atoms with Gasteiger partial charge in [0.15, 0.2) is 0 Å². The van der Waals surface area contributed by atoms with Crippen molar-refractivity contribution in [2.75, 3.05) is 13.0 Å². The van der Waals surface area contributed by atoms with Gasteiger partial charge in [-0.3, -0.25) is 0 Å².